The van der Waals surface area contributed by atoms with E-state index in [-0.39, 0.29) is 13.2 Å². The van der Waals surface area contributed by atoms with Crippen molar-refractivity contribution in [1.29, 1.82) is 0 Å². The molecule has 4 aromatic heterocycles. The van der Waals surface area contributed by atoms with Crippen molar-refractivity contribution in [2.45, 2.75) is 44.9 Å². The zero-order chi connectivity index (χ0) is 20.7. The van der Waals surface area contributed by atoms with E-state index >= 15 is 0 Å². The molecule has 0 bridgehead atoms. The topological polar surface area (TPSA) is 109 Å². The number of H-pyrrole nitrogens is 1. The maximum absolute atomic E-state index is 9.66. The number of hydrogen-bond donors (Lipinski definition) is 3. The Morgan fingerprint density at radius 2 is 2.10 bits per heavy atom. The van der Waals surface area contributed by atoms with Crippen LogP contribution in [-0.4, -0.2) is 52.6 Å². The lowest BCUT2D eigenvalue weighted by Gasteiger charge is -2.15. The van der Waals surface area contributed by atoms with Gasteiger partial charge in [0.2, 0.25) is 6.20 Å². The smallest absolute Gasteiger partial charge is 0.263 e. The maximum atomic E-state index is 9.66. The van der Waals surface area contributed by atoms with Gasteiger partial charge in [-0.3, -0.25) is 9.36 Å². The molecule has 0 saturated heterocycles. The van der Waals surface area contributed by atoms with Crippen LogP contribution in [0, 0.1) is 5.92 Å². The van der Waals surface area contributed by atoms with Gasteiger partial charge in [-0.1, -0.05) is 17.9 Å². The van der Waals surface area contributed by atoms with Crippen molar-refractivity contribution in [2.24, 2.45) is 5.92 Å². The monoisotopic (exact) mass is 408 g/mol. The van der Waals surface area contributed by atoms with Gasteiger partial charge in [-0.2, -0.15) is 15.3 Å². The minimum atomic E-state index is -0.842. The van der Waals surface area contributed by atoms with E-state index in [1.807, 2.05) is 35.4 Å². The summed E-state index contributed by atoms with van der Waals surface area (Å²) in [5.41, 5.74) is 4.41. The minimum absolute atomic E-state index is 0.230. The summed E-state index contributed by atoms with van der Waals surface area (Å²) in [7, 11) is 0. The van der Waals surface area contributed by atoms with Crippen LogP contribution in [-0.2, 0) is 6.54 Å². The fourth-order valence-electron chi connectivity index (χ4n) is 4.36. The number of aromatic amines is 1. The highest BCUT2D eigenvalue weighted by Gasteiger charge is 2.27. The molecule has 0 aromatic carbocycles. The highest BCUT2D eigenvalue weighted by atomic mass is 16.3. The van der Waals surface area contributed by atoms with Gasteiger partial charge in [-0.05, 0) is 18.8 Å². The van der Waals surface area contributed by atoms with E-state index in [1.165, 1.54) is 19.3 Å². The lowest BCUT2D eigenvalue weighted by Crippen LogP contribution is -2.24. The Bertz CT molecular complexity index is 1160. The Labute approximate surface area is 173 Å². The number of fused-ring (bicyclic) bond motifs is 1. The second kappa shape index (κ2) is 7.66. The Kier molecular flexibility index (Phi) is 4.84. The standard InChI is InChI=1S/C21H25N7O2/c1-14-3-2-4-19(14)27-10-16(8-24-27)21-20-5-6-22-28(20)12-18(25-21)15-7-23-26(9-15)11-17(30)13-29/h5-10,12,14,17,19,29-30H,2-4,11,13H2,1H3/p+1/t14-,17+,19+/m0/s1. The molecule has 1 fully saturated rings. The van der Waals surface area contributed by atoms with Crippen LogP contribution in [0.25, 0.3) is 28.0 Å². The summed E-state index contributed by atoms with van der Waals surface area (Å²) in [5, 5.41) is 30.9. The first-order valence-electron chi connectivity index (χ1n) is 10.4. The summed E-state index contributed by atoms with van der Waals surface area (Å²) in [6.07, 6.45) is 14.2. The molecule has 3 N–H and O–H groups in total. The first kappa shape index (κ1) is 19.0. The molecule has 1 aliphatic carbocycles. The average molecular weight is 408 g/mol. The number of aliphatic hydroxyl groups is 2. The van der Waals surface area contributed by atoms with Crippen molar-refractivity contribution in [1.82, 2.24) is 29.6 Å². The Hall–Kier alpha value is -3.04. The third kappa shape index (κ3) is 3.40. The molecule has 30 heavy (non-hydrogen) atoms. The molecule has 4 aromatic rings. The molecular formula is C21H26N7O2+. The largest absolute Gasteiger partial charge is 0.394 e. The van der Waals surface area contributed by atoms with E-state index in [4.69, 9.17) is 10.1 Å². The Morgan fingerprint density at radius 3 is 2.90 bits per heavy atom. The van der Waals surface area contributed by atoms with Crippen LogP contribution in [0.3, 0.4) is 0 Å². The van der Waals surface area contributed by atoms with Crippen molar-refractivity contribution in [2.75, 3.05) is 6.61 Å². The third-order valence-electron chi connectivity index (χ3n) is 6.01. The van der Waals surface area contributed by atoms with E-state index in [0.29, 0.717) is 12.0 Å². The van der Waals surface area contributed by atoms with E-state index < -0.39 is 6.10 Å². The van der Waals surface area contributed by atoms with Crippen LogP contribution in [0.5, 0.6) is 0 Å². The summed E-state index contributed by atoms with van der Waals surface area (Å²) in [5.74, 6) is 0.638. The number of nitrogens with zero attached hydrogens (tertiary/aromatic N) is 6. The van der Waals surface area contributed by atoms with Crippen LogP contribution >= 0.6 is 0 Å². The molecule has 9 nitrogen and oxygen atoms in total. The first-order chi connectivity index (χ1) is 14.6. The van der Waals surface area contributed by atoms with Gasteiger partial charge < -0.3 is 10.2 Å². The lowest BCUT2D eigenvalue weighted by atomic mass is 10.1. The Balaban J connectivity index is 1.52. The highest BCUT2D eigenvalue weighted by Crippen LogP contribution is 2.35. The van der Waals surface area contributed by atoms with E-state index in [2.05, 4.69) is 33.1 Å². The van der Waals surface area contributed by atoms with Crippen LogP contribution < -0.4 is 4.52 Å². The van der Waals surface area contributed by atoms with E-state index in [9.17, 15) is 5.11 Å². The second-order valence-electron chi connectivity index (χ2n) is 8.16. The summed E-state index contributed by atoms with van der Waals surface area (Å²) in [6, 6.07) is 2.45. The zero-order valence-electron chi connectivity index (χ0n) is 16.9. The Morgan fingerprint density at radius 1 is 1.23 bits per heavy atom. The summed E-state index contributed by atoms with van der Waals surface area (Å²) in [4.78, 5) is 4.93. The third-order valence-corrected chi connectivity index (χ3v) is 6.01. The number of hydrogen-bond acceptors (Lipinski definition) is 5. The lowest BCUT2D eigenvalue weighted by molar-refractivity contribution is -0.576. The van der Waals surface area contributed by atoms with Gasteiger partial charge in [0.25, 0.3) is 5.52 Å². The molecule has 5 rings (SSSR count). The quantitative estimate of drug-likeness (QED) is 0.420. The van der Waals surface area contributed by atoms with Gasteiger partial charge in [0, 0.05) is 29.6 Å². The molecule has 0 radical (unpaired) electrons. The number of aliphatic hydroxyl groups excluding tert-OH is 2. The highest BCUT2D eigenvalue weighted by molar-refractivity contribution is 5.74. The fraction of sp³-hybridized carbons (Fsp3) is 0.429. The number of rotatable bonds is 6. The maximum Gasteiger partial charge on any atom is 0.263 e. The summed E-state index contributed by atoms with van der Waals surface area (Å²) < 4.78 is 5.65. The van der Waals surface area contributed by atoms with Crippen molar-refractivity contribution in [3.05, 3.63) is 43.2 Å². The van der Waals surface area contributed by atoms with Crippen molar-refractivity contribution in [3.63, 3.8) is 0 Å². The molecule has 0 amide bonds. The van der Waals surface area contributed by atoms with Gasteiger partial charge in [-0.15, -0.1) is 0 Å². The van der Waals surface area contributed by atoms with Gasteiger partial charge in [0.1, 0.15) is 11.4 Å². The molecule has 1 aliphatic rings. The SMILES string of the molecule is C[C@H]1CCC[C@H]1n1cc(-c2nc(-c3cnn(C[C@@H](O)CO)c3)c[n+]3[nH]ccc23)cn1. The number of nitrogens with one attached hydrogen (secondary N) is 1. The summed E-state index contributed by atoms with van der Waals surface area (Å²) in [6.45, 7) is 2.22. The van der Waals surface area contributed by atoms with E-state index in [0.717, 1.165) is 28.0 Å². The minimum Gasteiger partial charge on any atom is -0.394 e. The first-order valence-corrected chi connectivity index (χ1v) is 10.4. The second-order valence-corrected chi connectivity index (χ2v) is 8.16. The molecule has 0 aliphatic heterocycles. The molecule has 0 spiro atoms. The van der Waals surface area contributed by atoms with Gasteiger partial charge in [-0.25, -0.2) is 4.98 Å². The molecule has 1 saturated carbocycles. The zero-order valence-corrected chi connectivity index (χ0v) is 16.9. The van der Waals surface area contributed by atoms with Crippen LogP contribution in [0.2, 0.25) is 0 Å². The predicted molar refractivity (Wildman–Crippen MR) is 109 cm³/mol. The molecule has 4 heterocycles. The van der Waals surface area contributed by atoms with E-state index in [1.54, 1.807) is 10.9 Å². The van der Waals surface area contributed by atoms with Gasteiger partial charge in [0.05, 0.1) is 43.9 Å². The van der Waals surface area contributed by atoms with Gasteiger partial charge >= 0.3 is 0 Å². The molecule has 9 heteroatoms. The summed E-state index contributed by atoms with van der Waals surface area (Å²) >= 11 is 0. The van der Waals surface area contributed by atoms with Crippen molar-refractivity contribution in [3.8, 4) is 22.5 Å². The average Bonchev–Trinajstić information content (AvgIpc) is 3.53. The number of aromatic nitrogens is 7. The molecule has 3 atom stereocenters. The van der Waals surface area contributed by atoms with Gasteiger partial charge in [0.15, 0.2) is 0 Å². The molecular weight excluding hydrogens is 382 g/mol. The van der Waals surface area contributed by atoms with Crippen molar-refractivity contribution >= 4 is 5.52 Å². The van der Waals surface area contributed by atoms with Crippen LogP contribution in [0.1, 0.15) is 32.2 Å². The normalized spacial score (nSPS) is 20.2. The predicted octanol–water partition coefficient (Wildman–Crippen LogP) is 1.59. The van der Waals surface area contributed by atoms with Crippen LogP contribution in [0.4, 0.5) is 0 Å². The molecule has 156 valence electrons. The van der Waals surface area contributed by atoms with Crippen molar-refractivity contribution < 1.29 is 14.7 Å². The van der Waals surface area contributed by atoms with Crippen LogP contribution in [0.15, 0.2) is 43.2 Å². The molecule has 0 unspecified atom stereocenters. The fourth-order valence-corrected chi connectivity index (χ4v) is 4.36.